The number of halogens is 3. The summed E-state index contributed by atoms with van der Waals surface area (Å²) in [7, 11) is 0. The van der Waals surface area contributed by atoms with Gasteiger partial charge in [-0.2, -0.15) is 13.2 Å². The summed E-state index contributed by atoms with van der Waals surface area (Å²) in [6.07, 6.45) is -0.935. The third-order valence-electron chi connectivity index (χ3n) is 3.47. The summed E-state index contributed by atoms with van der Waals surface area (Å²) in [5.74, 6) is -0.413. The molecule has 0 bridgehead atoms. The van der Waals surface area contributed by atoms with E-state index in [0.29, 0.717) is 17.8 Å². The third-order valence-corrected chi connectivity index (χ3v) is 4.43. The van der Waals surface area contributed by atoms with Crippen molar-refractivity contribution in [3.8, 4) is 0 Å². The Morgan fingerprint density at radius 1 is 1.42 bits per heavy atom. The van der Waals surface area contributed by atoms with Gasteiger partial charge in [0.05, 0.1) is 12.2 Å². The van der Waals surface area contributed by atoms with Crippen LogP contribution >= 0.6 is 11.3 Å². The molecule has 0 radical (unpaired) electrons. The number of alkyl halides is 3. The van der Waals surface area contributed by atoms with Crippen molar-refractivity contribution in [1.29, 1.82) is 0 Å². The fourth-order valence-corrected chi connectivity index (χ4v) is 3.21. The van der Waals surface area contributed by atoms with Gasteiger partial charge in [0.2, 0.25) is 0 Å². The van der Waals surface area contributed by atoms with Crippen molar-refractivity contribution in [1.82, 2.24) is 19.7 Å². The first-order valence-corrected chi connectivity index (χ1v) is 8.03. The molecule has 3 aromatic heterocycles. The molecule has 0 aliphatic rings. The summed E-state index contributed by atoms with van der Waals surface area (Å²) in [6, 6.07) is 4.73. The number of pyridine rings is 1. The molecule has 0 spiro atoms. The van der Waals surface area contributed by atoms with E-state index < -0.39 is 23.8 Å². The molecule has 24 heavy (non-hydrogen) atoms. The molecule has 0 aliphatic heterocycles. The number of hydrogen-bond donors (Lipinski definition) is 1. The maximum atomic E-state index is 12.7. The zero-order valence-corrected chi connectivity index (χ0v) is 13.4. The maximum Gasteiger partial charge on any atom is 0.434 e. The van der Waals surface area contributed by atoms with Crippen molar-refractivity contribution < 1.29 is 18.0 Å². The van der Waals surface area contributed by atoms with Crippen molar-refractivity contribution in [2.75, 3.05) is 0 Å². The number of thiazole rings is 1. The van der Waals surface area contributed by atoms with Crippen molar-refractivity contribution >= 4 is 22.9 Å². The number of aromatic nitrogens is 3. The van der Waals surface area contributed by atoms with Gasteiger partial charge in [0.25, 0.3) is 5.91 Å². The second kappa shape index (κ2) is 6.23. The average molecular weight is 354 g/mol. The van der Waals surface area contributed by atoms with Gasteiger partial charge in [-0.15, -0.1) is 11.3 Å². The first-order chi connectivity index (χ1) is 11.4. The Morgan fingerprint density at radius 3 is 2.88 bits per heavy atom. The van der Waals surface area contributed by atoms with Crippen LogP contribution in [0.2, 0.25) is 0 Å². The highest BCUT2D eigenvalue weighted by atomic mass is 32.1. The van der Waals surface area contributed by atoms with E-state index in [1.54, 1.807) is 35.7 Å². The number of nitrogens with one attached hydrogen (secondary N) is 1. The lowest BCUT2D eigenvalue weighted by molar-refractivity contribution is -0.140. The quantitative estimate of drug-likeness (QED) is 0.777. The van der Waals surface area contributed by atoms with Gasteiger partial charge in [-0.05, 0) is 18.6 Å². The molecule has 0 aromatic carbocycles. The summed E-state index contributed by atoms with van der Waals surface area (Å²) >= 11 is 0.884. The van der Waals surface area contributed by atoms with Crippen molar-refractivity contribution in [2.24, 2.45) is 0 Å². The molecule has 1 amide bonds. The van der Waals surface area contributed by atoms with E-state index in [4.69, 9.17) is 0 Å². The van der Waals surface area contributed by atoms with Crippen LogP contribution < -0.4 is 5.32 Å². The lowest BCUT2D eigenvalue weighted by atomic mass is 10.2. The Kier molecular flexibility index (Phi) is 4.27. The molecule has 1 atom stereocenters. The molecule has 3 rings (SSSR count). The van der Waals surface area contributed by atoms with Crippen LogP contribution in [-0.2, 0) is 6.18 Å². The number of fused-ring (bicyclic) bond motifs is 1. The minimum Gasteiger partial charge on any atom is -0.341 e. The molecule has 0 aliphatic carbocycles. The van der Waals surface area contributed by atoms with Crippen LogP contribution in [0.25, 0.3) is 5.65 Å². The summed E-state index contributed by atoms with van der Waals surface area (Å²) in [4.78, 5) is 20.2. The molecule has 3 aromatic rings. The Bertz CT molecular complexity index is 871. The number of nitrogens with zero attached hydrogens (tertiary/aromatic N) is 3. The van der Waals surface area contributed by atoms with E-state index >= 15 is 0 Å². The summed E-state index contributed by atoms with van der Waals surface area (Å²) in [5, 5.41) is 3.91. The fraction of sp³-hybridized carbons (Fsp3) is 0.267. The summed E-state index contributed by atoms with van der Waals surface area (Å²) in [6.45, 7) is 1.77. The minimum absolute atomic E-state index is 0.229. The highest BCUT2D eigenvalue weighted by Gasteiger charge is 2.34. The SMILES string of the molecule is CCC(NC(=O)c1cnc2ccccn12)c1nc(C(F)(F)F)cs1. The second-order valence-corrected chi connectivity index (χ2v) is 5.96. The van der Waals surface area contributed by atoms with Gasteiger partial charge in [0.1, 0.15) is 16.3 Å². The van der Waals surface area contributed by atoms with Gasteiger partial charge < -0.3 is 5.32 Å². The molecule has 0 saturated carbocycles. The highest BCUT2D eigenvalue weighted by molar-refractivity contribution is 7.09. The molecule has 1 unspecified atom stereocenters. The molecule has 126 valence electrons. The van der Waals surface area contributed by atoms with E-state index in [1.165, 1.54) is 6.20 Å². The molecule has 3 heterocycles. The van der Waals surface area contributed by atoms with Gasteiger partial charge in [-0.3, -0.25) is 9.20 Å². The molecule has 9 heteroatoms. The first-order valence-electron chi connectivity index (χ1n) is 7.15. The number of hydrogen-bond acceptors (Lipinski definition) is 4. The molecular weight excluding hydrogens is 341 g/mol. The molecule has 0 saturated heterocycles. The van der Waals surface area contributed by atoms with Gasteiger partial charge in [0.15, 0.2) is 5.69 Å². The van der Waals surface area contributed by atoms with E-state index in [1.807, 2.05) is 0 Å². The lowest BCUT2D eigenvalue weighted by Gasteiger charge is -2.14. The van der Waals surface area contributed by atoms with Crippen molar-refractivity contribution in [3.05, 3.63) is 52.4 Å². The van der Waals surface area contributed by atoms with Gasteiger partial charge >= 0.3 is 6.18 Å². The standard InChI is InChI=1S/C15H13F3N4OS/c1-2-9(14-21-11(8-24-14)15(16,17)18)20-13(23)10-7-19-12-5-3-4-6-22(10)12/h3-9H,2H2,1H3,(H,20,23). The molecular formula is C15H13F3N4OS. The number of imidazole rings is 1. The molecule has 1 N–H and O–H groups in total. The van der Waals surface area contributed by atoms with Gasteiger partial charge in [0, 0.05) is 11.6 Å². The Labute approximate surface area is 139 Å². The van der Waals surface area contributed by atoms with Crippen LogP contribution in [0.3, 0.4) is 0 Å². The smallest absolute Gasteiger partial charge is 0.341 e. The first kappa shape index (κ1) is 16.4. The Hall–Kier alpha value is -2.42. The van der Waals surface area contributed by atoms with E-state index in [2.05, 4.69) is 15.3 Å². The number of amides is 1. The number of carbonyl (C=O) groups excluding carboxylic acids is 1. The Morgan fingerprint density at radius 2 is 2.21 bits per heavy atom. The number of rotatable bonds is 4. The lowest BCUT2D eigenvalue weighted by Crippen LogP contribution is -2.29. The third kappa shape index (κ3) is 3.12. The van der Waals surface area contributed by atoms with Crippen molar-refractivity contribution in [3.63, 3.8) is 0 Å². The van der Waals surface area contributed by atoms with Crippen LogP contribution in [0, 0.1) is 0 Å². The predicted octanol–water partition coefficient (Wildman–Crippen LogP) is 3.69. The van der Waals surface area contributed by atoms with Crippen LogP contribution in [0.4, 0.5) is 13.2 Å². The normalized spacial score (nSPS) is 13.2. The second-order valence-electron chi connectivity index (χ2n) is 5.08. The largest absolute Gasteiger partial charge is 0.434 e. The van der Waals surface area contributed by atoms with E-state index in [-0.39, 0.29) is 5.01 Å². The summed E-state index contributed by atoms with van der Waals surface area (Å²) in [5.41, 5.74) is -0.00837. The van der Waals surface area contributed by atoms with Gasteiger partial charge in [-0.25, -0.2) is 9.97 Å². The zero-order chi connectivity index (χ0) is 17.3. The predicted molar refractivity (Wildman–Crippen MR) is 82.8 cm³/mol. The summed E-state index contributed by atoms with van der Waals surface area (Å²) < 4.78 is 39.6. The van der Waals surface area contributed by atoms with Crippen molar-refractivity contribution in [2.45, 2.75) is 25.6 Å². The average Bonchev–Trinajstić information content (AvgIpc) is 3.18. The monoisotopic (exact) mass is 354 g/mol. The van der Waals surface area contributed by atoms with E-state index in [0.717, 1.165) is 16.7 Å². The van der Waals surface area contributed by atoms with Crippen LogP contribution in [-0.4, -0.2) is 20.3 Å². The molecule has 5 nitrogen and oxygen atoms in total. The fourth-order valence-electron chi connectivity index (χ4n) is 2.25. The van der Waals surface area contributed by atoms with Crippen LogP contribution in [0.1, 0.15) is 40.6 Å². The number of carbonyl (C=O) groups is 1. The Balaban J connectivity index is 1.82. The minimum atomic E-state index is -4.49. The van der Waals surface area contributed by atoms with E-state index in [9.17, 15) is 18.0 Å². The van der Waals surface area contributed by atoms with Crippen LogP contribution in [0.15, 0.2) is 36.0 Å². The maximum absolute atomic E-state index is 12.7. The zero-order valence-electron chi connectivity index (χ0n) is 12.5. The van der Waals surface area contributed by atoms with Gasteiger partial charge in [-0.1, -0.05) is 13.0 Å². The van der Waals surface area contributed by atoms with Crippen LogP contribution in [0.5, 0.6) is 0 Å². The molecule has 0 fully saturated rings. The highest BCUT2D eigenvalue weighted by Crippen LogP contribution is 2.32. The topological polar surface area (TPSA) is 59.3 Å².